The molecule has 0 bridgehead atoms. The van der Waals surface area contributed by atoms with Crippen LogP contribution in [-0.4, -0.2) is 50.1 Å². The lowest BCUT2D eigenvalue weighted by atomic mass is 9.90. The molecule has 1 rings (SSSR count). The Kier molecular flexibility index (Phi) is 8.72. The van der Waals surface area contributed by atoms with Crippen molar-refractivity contribution in [1.82, 2.24) is 9.80 Å². The average Bonchev–Trinajstić information content (AvgIpc) is 2.42. The molecule has 1 aliphatic heterocycles. The van der Waals surface area contributed by atoms with E-state index in [2.05, 4.69) is 37.7 Å². The predicted molar refractivity (Wildman–Crippen MR) is 85.6 cm³/mol. The average molecular weight is 268 g/mol. The van der Waals surface area contributed by atoms with Crippen molar-refractivity contribution in [3.8, 4) is 0 Å². The van der Waals surface area contributed by atoms with E-state index < -0.39 is 0 Å². The SMILES string of the molecule is CCC(CCCCC1CCN(CC)CC1)CN(C)C. The van der Waals surface area contributed by atoms with E-state index in [0.29, 0.717) is 0 Å². The number of nitrogens with zero attached hydrogens (tertiary/aromatic N) is 2. The van der Waals surface area contributed by atoms with Crippen molar-refractivity contribution in [2.75, 3.05) is 40.3 Å². The highest BCUT2D eigenvalue weighted by molar-refractivity contribution is 4.71. The molecule has 114 valence electrons. The Bertz CT molecular complexity index is 207. The molecule has 1 unspecified atom stereocenters. The van der Waals surface area contributed by atoms with Gasteiger partial charge in [-0.05, 0) is 64.8 Å². The monoisotopic (exact) mass is 268 g/mol. The summed E-state index contributed by atoms with van der Waals surface area (Å²) in [6, 6.07) is 0. The maximum Gasteiger partial charge on any atom is 0.000346 e. The fraction of sp³-hybridized carbons (Fsp3) is 1.00. The molecule has 0 aromatic rings. The number of likely N-dealkylation sites (tertiary alicyclic amines) is 1. The summed E-state index contributed by atoms with van der Waals surface area (Å²) in [5.74, 6) is 1.94. The smallest absolute Gasteiger partial charge is 0.000346 e. The van der Waals surface area contributed by atoms with Gasteiger partial charge in [-0.2, -0.15) is 0 Å². The molecular formula is C17H36N2. The number of rotatable bonds is 9. The van der Waals surface area contributed by atoms with Crippen LogP contribution >= 0.6 is 0 Å². The van der Waals surface area contributed by atoms with E-state index in [-0.39, 0.29) is 0 Å². The highest BCUT2D eigenvalue weighted by atomic mass is 15.1. The summed E-state index contributed by atoms with van der Waals surface area (Å²) in [6.45, 7) is 9.84. The van der Waals surface area contributed by atoms with E-state index in [4.69, 9.17) is 0 Å². The van der Waals surface area contributed by atoms with Gasteiger partial charge in [0, 0.05) is 6.54 Å². The van der Waals surface area contributed by atoms with Crippen LogP contribution < -0.4 is 0 Å². The summed E-state index contributed by atoms with van der Waals surface area (Å²) in [4.78, 5) is 4.94. The molecule has 0 N–H and O–H groups in total. The second kappa shape index (κ2) is 9.77. The number of hydrogen-bond donors (Lipinski definition) is 0. The van der Waals surface area contributed by atoms with E-state index in [1.807, 2.05) is 0 Å². The quantitative estimate of drug-likeness (QED) is 0.586. The van der Waals surface area contributed by atoms with Gasteiger partial charge >= 0.3 is 0 Å². The van der Waals surface area contributed by atoms with Gasteiger partial charge in [-0.25, -0.2) is 0 Å². The first-order valence-electron chi connectivity index (χ1n) is 8.52. The molecule has 2 heteroatoms. The molecule has 0 aliphatic carbocycles. The minimum atomic E-state index is 0.914. The molecule has 1 atom stereocenters. The van der Waals surface area contributed by atoms with Crippen LogP contribution in [0.2, 0.25) is 0 Å². The van der Waals surface area contributed by atoms with Gasteiger partial charge in [0.2, 0.25) is 0 Å². The van der Waals surface area contributed by atoms with Crippen LogP contribution in [0.3, 0.4) is 0 Å². The van der Waals surface area contributed by atoms with Crippen molar-refractivity contribution in [3.05, 3.63) is 0 Å². The fourth-order valence-electron chi connectivity index (χ4n) is 3.40. The first kappa shape index (κ1) is 17.0. The Morgan fingerprint density at radius 1 is 1.11 bits per heavy atom. The van der Waals surface area contributed by atoms with Crippen LogP contribution in [0.4, 0.5) is 0 Å². The molecule has 1 heterocycles. The molecule has 2 nitrogen and oxygen atoms in total. The number of hydrogen-bond acceptors (Lipinski definition) is 2. The topological polar surface area (TPSA) is 6.48 Å². The molecule has 19 heavy (non-hydrogen) atoms. The molecule has 1 fully saturated rings. The van der Waals surface area contributed by atoms with Gasteiger partial charge in [-0.3, -0.25) is 0 Å². The zero-order valence-electron chi connectivity index (χ0n) is 13.8. The van der Waals surface area contributed by atoms with Gasteiger partial charge in [-0.1, -0.05) is 39.5 Å². The van der Waals surface area contributed by atoms with Gasteiger partial charge in [0.15, 0.2) is 0 Å². The third-order valence-electron chi connectivity index (χ3n) is 4.83. The van der Waals surface area contributed by atoms with Crippen molar-refractivity contribution < 1.29 is 0 Å². The van der Waals surface area contributed by atoms with Gasteiger partial charge < -0.3 is 9.80 Å². The molecule has 0 spiro atoms. The lowest BCUT2D eigenvalue weighted by Crippen LogP contribution is -2.33. The zero-order chi connectivity index (χ0) is 14.1. The molecule has 0 aromatic heterocycles. The Balaban J connectivity index is 2.04. The summed E-state index contributed by atoms with van der Waals surface area (Å²) in [5.41, 5.74) is 0. The van der Waals surface area contributed by atoms with E-state index in [0.717, 1.165) is 11.8 Å². The van der Waals surface area contributed by atoms with Crippen LogP contribution in [0.1, 0.15) is 58.8 Å². The van der Waals surface area contributed by atoms with E-state index in [1.165, 1.54) is 71.1 Å². The van der Waals surface area contributed by atoms with Crippen LogP contribution in [0.5, 0.6) is 0 Å². The maximum absolute atomic E-state index is 2.60. The summed E-state index contributed by atoms with van der Waals surface area (Å²) in [7, 11) is 4.40. The van der Waals surface area contributed by atoms with Crippen LogP contribution in [0, 0.1) is 11.8 Å². The summed E-state index contributed by atoms with van der Waals surface area (Å²) in [5, 5.41) is 0. The normalized spacial score (nSPS) is 20.1. The minimum absolute atomic E-state index is 0.914. The molecule has 0 aromatic carbocycles. The lowest BCUT2D eigenvalue weighted by Gasteiger charge is -2.31. The Morgan fingerprint density at radius 3 is 2.32 bits per heavy atom. The number of unbranched alkanes of at least 4 members (excludes halogenated alkanes) is 1. The summed E-state index contributed by atoms with van der Waals surface area (Å²) in [6.07, 6.45) is 10.1. The van der Waals surface area contributed by atoms with Gasteiger partial charge in [0.1, 0.15) is 0 Å². The number of piperidine rings is 1. The van der Waals surface area contributed by atoms with Gasteiger partial charge in [0.05, 0.1) is 0 Å². The molecular weight excluding hydrogens is 232 g/mol. The summed E-state index contributed by atoms with van der Waals surface area (Å²) >= 11 is 0. The molecule has 1 aliphatic rings. The predicted octanol–water partition coefficient (Wildman–Crippen LogP) is 3.87. The maximum atomic E-state index is 2.60. The van der Waals surface area contributed by atoms with E-state index in [9.17, 15) is 0 Å². The Hall–Kier alpha value is -0.0800. The Labute approximate surface area is 121 Å². The van der Waals surface area contributed by atoms with Crippen molar-refractivity contribution in [1.29, 1.82) is 0 Å². The largest absolute Gasteiger partial charge is 0.309 e. The highest BCUT2D eigenvalue weighted by Gasteiger charge is 2.17. The van der Waals surface area contributed by atoms with E-state index >= 15 is 0 Å². The molecule has 0 radical (unpaired) electrons. The lowest BCUT2D eigenvalue weighted by molar-refractivity contribution is 0.183. The van der Waals surface area contributed by atoms with Crippen LogP contribution in [0.15, 0.2) is 0 Å². The van der Waals surface area contributed by atoms with E-state index in [1.54, 1.807) is 0 Å². The molecule has 0 amide bonds. The third kappa shape index (κ3) is 7.31. The minimum Gasteiger partial charge on any atom is -0.309 e. The first-order valence-corrected chi connectivity index (χ1v) is 8.52. The van der Waals surface area contributed by atoms with Crippen LogP contribution in [-0.2, 0) is 0 Å². The van der Waals surface area contributed by atoms with Crippen LogP contribution in [0.25, 0.3) is 0 Å². The second-order valence-corrected chi connectivity index (χ2v) is 6.70. The van der Waals surface area contributed by atoms with Crippen molar-refractivity contribution in [2.24, 2.45) is 11.8 Å². The Morgan fingerprint density at radius 2 is 1.79 bits per heavy atom. The standard InChI is InChI=1S/C17H36N2/c1-5-16(15-18(3)4)9-7-8-10-17-11-13-19(6-2)14-12-17/h16-17H,5-15H2,1-4H3. The first-order chi connectivity index (χ1) is 9.15. The third-order valence-corrected chi connectivity index (χ3v) is 4.83. The van der Waals surface area contributed by atoms with Gasteiger partial charge in [0.25, 0.3) is 0 Å². The summed E-state index contributed by atoms with van der Waals surface area (Å²) < 4.78 is 0. The molecule has 1 saturated heterocycles. The fourth-order valence-corrected chi connectivity index (χ4v) is 3.40. The van der Waals surface area contributed by atoms with Gasteiger partial charge in [-0.15, -0.1) is 0 Å². The van der Waals surface area contributed by atoms with Crippen molar-refractivity contribution >= 4 is 0 Å². The second-order valence-electron chi connectivity index (χ2n) is 6.70. The molecule has 0 saturated carbocycles. The van der Waals surface area contributed by atoms with Crippen molar-refractivity contribution in [2.45, 2.75) is 58.8 Å². The zero-order valence-corrected chi connectivity index (χ0v) is 13.8. The van der Waals surface area contributed by atoms with Crippen molar-refractivity contribution in [3.63, 3.8) is 0 Å². The highest BCUT2D eigenvalue weighted by Crippen LogP contribution is 2.24.